The molecular formula is C17H17N5O2. The van der Waals surface area contributed by atoms with Gasteiger partial charge in [-0.2, -0.15) is 0 Å². The van der Waals surface area contributed by atoms with Crippen LogP contribution in [0.1, 0.15) is 27.4 Å². The smallest absolute Gasteiger partial charge is 0.275 e. The molecule has 0 fully saturated rings. The Hall–Kier alpha value is -3.22. The molecular weight excluding hydrogens is 306 g/mol. The Kier molecular flexibility index (Phi) is 4.24. The molecule has 24 heavy (non-hydrogen) atoms. The second kappa shape index (κ2) is 6.49. The summed E-state index contributed by atoms with van der Waals surface area (Å²) in [4.78, 5) is 20.4. The van der Waals surface area contributed by atoms with Gasteiger partial charge in [-0.25, -0.2) is 9.97 Å². The number of aryl methyl sites for hydroxylation is 3. The topological polar surface area (TPSA) is 92.9 Å². The summed E-state index contributed by atoms with van der Waals surface area (Å²) in [5, 5.41) is 9.60. The Morgan fingerprint density at radius 1 is 1.04 bits per heavy atom. The average molecular weight is 323 g/mol. The van der Waals surface area contributed by atoms with E-state index in [4.69, 9.17) is 4.52 Å². The number of nitrogens with zero attached hydrogens (tertiary/aromatic N) is 3. The van der Waals surface area contributed by atoms with Crippen LogP contribution in [0.25, 0.3) is 0 Å². The molecule has 7 heteroatoms. The number of anilines is 3. The molecule has 2 N–H and O–H groups in total. The zero-order valence-corrected chi connectivity index (χ0v) is 13.6. The molecule has 3 aromatic rings. The SMILES string of the molecule is Cc1cc(NC(=O)c2cc(Nc3c(C)cccc3C)ncn2)no1. The van der Waals surface area contributed by atoms with Gasteiger partial charge in [0.15, 0.2) is 5.82 Å². The highest BCUT2D eigenvalue weighted by atomic mass is 16.5. The number of benzene rings is 1. The molecule has 1 amide bonds. The van der Waals surface area contributed by atoms with Crippen LogP contribution in [0.5, 0.6) is 0 Å². The van der Waals surface area contributed by atoms with Gasteiger partial charge < -0.3 is 15.2 Å². The van der Waals surface area contributed by atoms with Crippen LogP contribution in [-0.4, -0.2) is 21.0 Å². The van der Waals surface area contributed by atoms with E-state index in [1.165, 1.54) is 6.33 Å². The van der Waals surface area contributed by atoms with Crippen molar-refractivity contribution in [1.29, 1.82) is 0 Å². The fourth-order valence-electron chi connectivity index (χ4n) is 2.30. The van der Waals surface area contributed by atoms with Crippen molar-refractivity contribution in [2.24, 2.45) is 0 Å². The highest BCUT2D eigenvalue weighted by Gasteiger charge is 2.12. The molecule has 0 aliphatic carbocycles. The minimum Gasteiger partial charge on any atom is -0.360 e. The van der Waals surface area contributed by atoms with E-state index < -0.39 is 0 Å². The minimum atomic E-state index is -0.379. The van der Waals surface area contributed by atoms with Gasteiger partial charge in [-0.3, -0.25) is 4.79 Å². The number of hydrogen-bond donors (Lipinski definition) is 2. The first-order valence-electron chi connectivity index (χ1n) is 7.43. The zero-order valence-electron chi connectivity index (χ0n) is 13.6. The van der Waals surface area contributed by atoms with E-state index in [1.807, 2.05) is 32.0 Å². The maximum absolute atomic E-state index is 12.3. The first-order valence-corrected chi connectivity index (χ1v) is 7.43. The molecule has 0 bridgehead atoms. The monoisotopic (exact) mass is 323 g/mol. The largest absolute Gasteiger partial charge is 0.360 e. The fourth-order valence-corrected chi connectivity index (χ4v) is 2.30. The summed E-state index contributed by atoms with van der Waals surface area (Å²) in [6.07, 6.45) is 1.35. The van der Waals surface area contributed by atoms with Gasteiger partial charge in [0.1, 0.15) is 23.6 Å². The van der Waals surface area contributed by atoms with Gasteiger partial charge in [0.2, 0.25) is 0 Å². The molecule has 0 radical (unpaired) electrons. The van der Waals surface area contributed by atoms with Crippen molar-refractivity contribution >= 4 is 23.2 Å². The van der Waals surface area contributed by atoms with E-state index in [1.54, 1.807) is 19.1 Å². The number of para-hydroxylation sites is 1. The molecule has 3 rings (SSSR count). The van der Waals surface area contributed by atoms with Crippen molar-refractivity contribution in [3.8, 4) is 0 Å². The Balaban J connectivity index is 1.80. The number of rotatable bonds is 4. The Morgan fingerprint density at radius 3 is 2.46 bits per heavy atom. The lowest BCUT2D eigenvalue weighted by atomic mass is 10.1. The third-order valence-electron chi connectivity index (χ3n) is 3.50. The number of carbonyl (C=O) groups excluding carboxylic acids is 1. The van der Waals surface area contributed by atoms with Gasteiger partial charge in [-0.05, 0) is 31.9 Å². The molecule has 0 unspecified atom stereocenters. The fraction of sp³-hybridized carbons (Fsp3) is 0.176. The number of nitrogens with one attached hydrogen (secondary N) is 2. The number of carbonyl (C=O) groups is 1. The molecule has 2 aromatic heterocycles. The maximum Gasteiger partial charge on any atom is 0.275 e. The second-order valence-corrected chi connectivity index (χ2v) is 5.46. The van der Waals surface area contributed by atoms with Gasteiger partial charge in [-0.15, -0.1) is 0 Å². The second-order valence-electron chi connectivity index (χ2n) is 5.46. The zero-order chi connectivity index (χ0) is 17.1. The van der Waals surface area contributed by atoms with Crippen LogP contribution in [0.2, 0.25) is 0 Å². The van der Waals surface area contributed by atoms with Crippen LogP contribution in [0.3, 0.4) is 0 Å². The molecule has 0 aliphatic heterocycles. The molecule has 0 saturated heterocycles. The van der Waals surface area contributed by atoms with E-state index in [9.17, 15) is 4.79 Å². The molecule has 0 saturated carbocycles. The molecule has 122 valence electrons. The van der Waals surface area contributed by atoms with E-state index in [-0.39, 0.29) is 11.6 Å². The summed E-state index contributed by atoms with van der Waals surface area (Å²) in [5.74, 6) is 1.13. The van der Waals surface area contributed by atoms with Gasteiger partial charge in [0.25, 0.3) is 5.91 Å². The predicted octanol–water partition coefficient (Wildman–Crippen LogP) is 3.39. The molecule has 0 aliphatic rings. The van der Waals surface area contributed by atoms with Crippen molar-refractivity contribution in [1.82, 2.24) is 15.1 Å². The Morgan fingerprint density at radius 2 is 1.79 bits per heavy atom. The summed E-state index contributed by atoms with van der Waals surface area (Å²) < 4.78 is 4.92. The summed E-state index contributed by atoms with van der Waals surface area (Å²) in [5.41, 5.74) is 3.39. The third kappa shape index (κ3) is 3.40. The van der Waals surface area contributed by atoms with Gasteiger partial charge in [-0.1, -0.05) is 23.4 Å². The molecule has 0 atom stereocenters. The quantitative estimate of drug-likeness (QED) is 0.764. The van der Waals surface area contributed by atoms with Crippen LogP contribution in [-0.2, 0) is 0 Å². The molecule has 7 nitrogen and oxygen atoms in total. The Bertz CT molecular complexity index is 868. The van der Waals surface area contributed by atoms with Gasteiger partial charge in [0, 0.05) is 17.8 Å². The van der Waals surface area contributed by atoms with Crippen molar-refractivity contribution in [2.75, 3.05) is 10.6 Å². The first-order chi connectivity index (χ1) is 11.5. The van der Waals surface area contributed by atoms with E-state index in [0.717, 1.165) is 16.8 Å². The van der Waals surface area contributed by atoms with Gasteiger partial charge in [0.05, 0.1) is 0 Å². The van der Waals surface area contributed by atoms with E-state index in [2.05, 4.69) is 25.8 Å². The lowest BCUT2D eigenvalue weighted by Gasteiger charge is -2.12. The van der Waals surface area contributed by atoms with E-state index in [0.29, 0.717) is 17.4 Å². The van der Waals surface area contributed by atoms with Crippen molar-refractivity contribution in [2.45, 2.75) is 20.8 Å². The predicted molar refractivity (Wildman–Crippen MR) is 90.4 cm³/mol. The highest BCUT2D eigenvalue weighted by Crippen LogP contribution is 2.23. The summed E-state index contributed by atoms with van der Waals surface area (Å²) in [6.45, 7) is 5.77. The molecule has 1 aromatic carbocycles. The lowest BCUT2D eigenvalue weighted by molar-refractivity contribution is 0.102. The minimum absolute atomic E-state index is 0.236. The standard InChI is InChI=1S/C17H17N5O2/c1-10-5-4-6-11(2)16(10)20-14-8-13(18-9-19-14)17(23)21-15-7-12(3)24-22-15/h4-9H,1-3H3,(H,18,19,20)(H,21,22,23). The van der Waals surface area contributed by atoms with Crippen LogP contribution in [0.15, 0.2) is 41.2 Å². The summed E-state index contributed by atoms with van der Waals surface area (Å²) in [6, 6.07) is 9.24. The number of hydrogen-bond acceptors (Lipinski definition) is 6. The molecule has 0 spiro atoms. The average Bonchev–Trinajstić information content (AvgIpc) is 2.96. The number of amides is 1. The maximum atomic E-state index is 12.3. The van der Waals surface area contributed by atoms with Gasteiger partial charge >= 0.3 is 0 Å². The van der Waals surface area contributed by atoms with Crippen LogP contribution in [0.4, 0.5) is 17.3 Å². The van der Waals surface area contributed by atoms with Crippen molar-refractivity contribution < 1.29 is 9.32 Å². The van der Waals surface area contributed by atoms with Crippen LogP contribution < -0.4 is 10.6 Å². The third-order valence-corrected chi connectivity index (χ3v) is 3.50. The Labute approximate surface area is 139 Å². The first kappa shape index (κ1) is 15.7. The molecule has 2 heterocycles. The normalized spacial score (nSPS) is 10.5. The summed E-state index contributed by atoms with van der Waals surface area (Å²) >= 11 is 0. The van der Waals surface area contributed by atoms with Crippen molar-refractivity contribution in [3.05, 3.63) is 59.2 Å². The highest BCUT2D eigenvalue weighted by molar-refractivity contribution is 6.02. The lowest BCUT2D eigenvalue weighted by Crippen LogP contribution is -2.14. The van der Waals surface area contributed by atoms with Crippen LogP contribution in [0, 0.1) is 20.8 Å². The number of aromatic nitrogens is 3. The van der Waals surface area contributed by atoms with Crippen molar-refractivity contribution in [3.63, 3.8) is 0 Å². The summed E-state index contributed by atoms with van der Waals surface area (Å²) in [7, 11) is 0. The van der Waals surface area contributed by atoms with Crippen LogP contribution >= 0.6 is 0 Å². The van der Waals surface area contributed by atoms with E-state index >= 15 is 0 Å².